The topological polar surface area (TPSA) is 84.0 Å². The second kappa shape index (κ2) is 8.03. The molecule has 0 saturated carbocycles. The Labute approximate surface area is 149 Å². The molecule has 6 nitrogen and oxygen atoms in total. The van der Waals surface area contributed by atoms with Crippen LogP contribution in [0.25, 0.3) is 0 Å². The van der Waals surface area contributed by atoms with Crippen LogP contribution in [-0.4, -0.2) is 24.9 Å². The van der Waals surface area contributed by atoms with Gasteiger partial charge >= 0.3 is 0 Å². The Kier molecular flexibility index (Phi) is 5.78. The van der Waals surface area contributed by atoms with Crippen molar-refractivity contribution in [1.29, 1.82) is 0 Å². The summed E-state index contributed by atoms with van der Waals surface area (Å²) in [6.45, 7) is 2.56. The Morgan fingerprint density at radius 3 is 2.60 bits per heavy atom. The first-order valence-electron chi connectivity index (χ1n) is 8.67. The van der Waals surface area contributed by atoms with Gasteiger partial charge in [0.05, 0.1) is 0 Å². The molecule has 0 bridgehead atoms. The molecule has 0 saturated heterocycles. The Balaban J connectivity index is 1.52. The fourth-order valence-corrected chi connectivity index (χ4v) is 3.91. The van der Waals surface area contributed by atoms with Crippen LogP contribution < -0.4 is 9.44 Å². The van der Waals surface area contributed by atoms with Crippen molar-refractivity contribution in [3.63, 3.8) is 0 Å². The molecule has 3 rings (SSSR count). The molecule has 1 aromatic heterocycles. The van der Waals surface area contributed by atoms with Crippen LogP contribution in [0.2, 0.25) is 0 Å². The van der Waals surface area contributed by atoms with Crippen LogP contribution in [0.3, 0.4) is 0 Å². The van der Waals surface area contributed by atoms with Gasteiger partial charge in [0.2, 0.25) is 0 Å². The molecule has 0 aliphatic heterocycles. The largest absolute Gasteiger partial charge is 0.277 e. The smallest absolute Gasteiger partial charge is 0.238 e. The average Bonchev–Trinajstić information content (AvgIpc) is 2.61. The van der Waals surface area contributed by atoms with Gasteiger partial charge in [0.15, 0.2) is 0 Å². The summed E-state index contributed by atoms with van der Waals surface area (Å²) in [7, 11) is -3.53. The Morgan fingerprint density at radius 1 is 1.04 bits per heavy atom. The number of aryl methyl sites for hydroxylation is 2. The van der Waals surface area contributed by atoms with E-state index in [2.05, 4.69) is 19.4 Å². The molecule has 134 valence electrons. The maximum absolute atomic E-state index is 12.0. The van der Waals surface area contributed by atoms with Gasteiger partial charge in [-0.1, -0.05) is 30.3 Å². The fraction of sp³-hybridized carbons (Fsp3) is 0.444. The zero-order chi connectivity index (χ0) is 17.7. The van der Waals surface area contributed by atoms with Gasteiger partial charge in [-0.25, -0.2) is 14.7 Å². The van der Waals surface area contributed by atoms with E-state index in [1.165, 1.54) is 18.4 Å². The van der Waals surface area contributed by atoms with E-state index < -0.39 is 10.2 Å². The third-order valence-corrected chi connectivity index (χ3v) is 5.49. The number of nitrogens with zero attached hydrogens (tertiary/aromatic N) is 2. The first-order chi connectivity index (χ1) is 12.0. The van der Waals surface area contributed by atoms with Gasteiger partial charge in [-0.2, -0.15) is 13.1 Å². The lowest BCUT2D eigenvalue weighted by molar-refractivity contribution is 0.565. The van der Waals surface area contributed by atoms with Crippen LogP contribution in [0.5, 0.6) is 0 Å². The predicted octanol–water partition coefficient (Wildman–Crippen LogP) is 1.83. The van der Waals surface area contributed by atoms with Crippen LogP contribution in [0.15, 0.2) is 30.3 Å². The van der Waals surface area contributed by atoms with Crippen molar-refractivity contribution in [1.82, 2.24) is 19.4 Å². The van der Waals surface area contributed by atoms with E-state index in [1.807, 2.05) is 37.3 Å². The number of fused-ring (bicyclic) bond motifs is 1. The second-order valence-corrected chi connectivity index (χ2v) is 7.90. The average molecular weight is 360 g/mol. The van der Waals surface area contributed by atoms with Crippen LogP contribution in [0.1, 0.15) is 41.2 Å². The van der Waals surface area contributed by atoms with E-state index >= 15 is 0 Å². The van der Waals surface area contributed by atoms with E-state index in [9.17, 15) is 8.42 Å². The lowest BCUT2D eigenvalue weighted by Gasteiger charge is -2.17. The molecule has 1 aromatic carbocycles. The molecule has 1 heterocycles. The van der Waals surface area contributed by atoms with Crippen LogP contribution in [0.4, 0.5) is 0 Å². The van der Waals surface area contributed by atoms with Gasteiger partial charge in [-0.05, 0) is 43.7 Å². The van der Waals surface area contributed by atoms with Crippen molar-refractivity contribution < 1.29 is 8.42 Å². The maximum atomic E-state index is 12.0. The van der Waals surface area contributed by atoms with Crippen molar-refractivity contribution in [3.8, 4) is 0 Å². The minimum atomic E-state index is -3.53. The second-order valence-electron chi connectivity index (χ2n) is 6.31. The highest BCUT2D eigenvalue weighted by Gasteiger charge is 2.16. The number of rotatable bonds is 7. The molecule has 0 unspecified atom stereocenters. The first-order valence-corrected chi connectivity index (χ1v) is 10.2. The van der Waals surface area contributed by atoms with Crippen molar-refractivity contribution in [2.75, 3.05) is 6.54 Å². The molecule has 2 aromatic rings. The van der Waals surface area contributed by atoms with E-state index in [0.717, 1.165) is 29.8 Å². The van der Waals surface area contributed by atoms with Gasteiger partial charge in [0, 0.05) is 30.9 Å². The molecule has 0 atom stereocenters. The SMILES string of the molecule is Cc1nc(CCNS(=O)(=O)NCc2ccccc2)nc2c1CCCC2. The molecular formula is C18H24N4O2S. The monoisotopic (exact) mass is 360 g/mol. The van der Waals surface area contributed by atoms with E-state index in [1.54, 1.807) is 0 Å². The highest BCUT2D eigenvalue weighted by atomic mass is 32.2. The Bertz CT molecular complexity index is 822. The molecule has 1 aliphatic carbocycles. The summed E-state index contributed by atoms with van der Waals surface area (Å²) in [6, 6.07) is 9.43. The van der Waals surface area contributed by atoms with Gasteiger partial charge < -0.3 is 0 Å². The first kappa shape index (κ1) is 18.0. The summed E-state index contributed by atoms with van der Waals surface area (Å²) in [4.78, 5) is 9.15. The highest BCUT2D eigenvalue weighted by Crippen LogP contribution is 2.21. The van der Waals surface area contributed by atoms with E-state index in [-0.39, 0.29) is 13.1 Å². The summed E-state index contributed by atoms with van der Waals surface area (Å²) < 4.78 is 29.2. The Hall–Kier alpha value is -1.83. The summed E-state index contributed by atoms with van der Waals surface area (Å²) in [5.74, 6) is 0.712. The van der Waals surface area contributed by atoms with Gasteiger partial charge in [-0.3, -0.25) is 0 Å². The number of nitrogens with one attached hydrogen (secondary N) is 2. The molecule has 0 radical (unpaired) electrons. The number of hydrogen-bond donors (Lipinski definition) is 2. The number of benzene rings is 1. The molecule has 2 N–H and O–H groups in total. The van der Waals surface area contributed by atoms with Crippen molar-refractivity contribution in [2.24, 2.45) is 0 Å². The van der Waals surface area contributed by atoms with Crippen molar-refractivity contribution >= 4 is 10.2 Å². The zero-order valence-corrected chi connectivity index (χ0v) is 15.3. The number of hydrogen-bond acceptors (Lipinski definition) is 4. The van der Waals surface area contributed by atoms with Crippen molar-refractivity contribution in [3.05, 3.63) is 58.7 Å². The minimum Gasteiger partial charge on any atom is -0.238 e. The molecule has 0 amide bonds. The molecule has 1 aliphatic rings. The molecule has 0 fully saturated rings. The van der Waals surface area contributed by atoms with E-state index in [0.29, 0.717) is 12.2 Å². The summed E-state index contributed by atoms with van der Waals surface area (Å²) in [6.07, 6.45) is 4.90. The molecule has 0 spiro atoms. The van der Waals surface area contributed by atoms with Crippen LogP contribution in [0, 0.1) is 6.92 Å². The third kappa shape index (κ3) is 5.07. The minimum absolute atomic E-state index is 0.268. The van der Waals surface area contributed by atoms with Gasteiger partial charge in [0.1, 0.15) is 5.82 Å². The lowest BCUT2D eigenvalue weighted by atomic mass is 9.95. The zero-order valence-electron chi connectivity index (χ0n) is 14.5. The van der Waals surface area contributed by atoms with E-state index in [4.69, 9.17) is 0 Å². The summed E-state index contributed by atoms with van der Waals surface area (Å²) in [5, 5.41) is 0. The predicted molar refractivity (Wildman–Crippen MR) is 97.3 cm³/mol. The van der Waals surface area contributed by atoms with Crippen molar-refractivity contribution in [2.45, 2.75) is 45.6 Å². The highest BCUT2D eigenvalue weighted by molar-refractivity contribution is 7.87. The third-order valence-electron chi connectivity index (χ3n) is 4.39. The van der Waals surface area contributed by atoms with Gasteiger partial charge in [0.25, 0.3) is 10.2 Å². The van der Waals surface area contributed by atoms with Crippen LogP contribution in [-0.2, 0) is 36.0 Å². The maximum Gasteiger partial charge on any atom is 0.277 e. The lowest BCUT2D eigenvalue weighted by Crippen LogP contribution is -2.37. The molecule has 7 heteroatoms. The Morgan fingerprint density at radius 2 is 1.80 bits per heavy atom. The quantitative estimate of drug-likeness (QED) is 0.789. The molecular weight excluding hydrogens is 336 g/mol. The van der Waals surface area contributed by atoms with Gasteiger partial charge in [-0.15, -0.1) is 0 Å². The fourth-order valence-electron chi connectivity index (χ4n) is 3.08. The summed E-state index contributed by atoms with van der Waals surface area (Å²) >= 11 is 0. The number of aromatic nitrogens is 2. The standard InChI is InChI=1S/C18H24N4O2S/c1-14-16-9-5-6-10-17(16)22-18(21-14)11-12-19-25(23,24)20-13-15-7-3-2-4-8-15/h2-4,7-8,19-20H,5-6,9-13H2,1H3. The summed E-state index contributed by atoms with van der Waals surface area (Å²) in [5.41, 5.74) is 4.37. The molecule has 25 heavy (non-hydrogen) atoms. The van der Waals surface area contributed by atoms with Crippen LogP contribution >= 0.6 is 0 Å². The normalized spacial score (nSPS) is 14.3.